The van der Waals surface area contributed by atoms with E-state index in [2.05, 4.69) is 5.32 Å². The summed E-state index contributed by atoms with van der Waals surface area (Å²) in [6.07, 6.45) is -2.63. The Hall–Kier alpha value is -2.31. The number of hydrogen-bond acceptors (Lipinski definition) is 2. The number of nitrogens with one attached hydrogen (secondary N) is 1. The normalized spacial score (nSPS) is 13.6. The third-order valence-electron chi connectivity index (χ3n) is 3.58. The van der Waals surface area contributed by atoms with Gasteiger partial charge in [0, 0.05) is 5.57 Å². The van der Waals surface area contributed by atoms with Gasteiger partial charge in [-0.15, -0.1) is 0 Å². The molecule has 0 saturated carbocycles. The first-order valence-electron chi connectivity index (χ1n) is 7.89. The lowest BCUT2D eigenvalue weighted by molar-refractivity contribution is -0.137. The van der Waals surface area contributed by atoms with Crippen LogP contribution in [0.1, 0.15) is 50.8 Å². The smallest absolute Gasteiger partial charge is 0.416 e. The van der Waals surface area contributed by atoms with Gasteiger partial charge >= 0.3 is 12.1 Å². The molecule has 1 unspecified atom stereocenters. The molecule has 1 amide bonds. The van der Waals surface area contributed by atoms with E-state index in [4.69, 9.17) is 5.11 Å². The summed E-state index contributed by atoms with van der Waals surface area (Å²) >= 11 is 0. The van der Waals surface area contributed by atoms with E-state index in [-0.39, 0.29) is 17.9 Å². The maximum Gasteiger partial charge on any atom is 0.416 e. The fourth-order valence-corrected chi connectivity index (χ4v) is 2.12. The third kappa shape index (κ3) is 6.99. The summed E-state index contributed by atoms with van der Waals surface area (Å²) in [7, 11) is 0. The van der Waals surface area contributed by atoms with Gasteiger partial charge in [-0.2, -0.15) is 13.2 Å². The number of carbonyl (C=O) groups is 2. The predicted molar refractivity (Wildman–Crippen MR) is 87.8 cm³/mol. The Balaban J connectivity index is 2.72. The van der Waals surface area contributed by atoms with Crippen molar-refractivity contribution in [3.63, 3.8) is 0 Å². The quantitative estimate of drug-likeness (QED) is 0.714. The molecular formula is C18H22F3NO3. The minimum absolute atomic E-state index is 0.00539. The molecule has 0 heterocycles. The number of benzene rings is 1. The molecule has 0 radical (unpaired) electrons. The molecule has 0 bridgehead atoms. The predicted octanol–water partition coefficient (Wildman–Crippen LogP) is 4.33. The Bertz CT molecular complexity index is 634. The fraction of sp³-hybridized carbons (Fsp3) is 0.444. The first-order valence-corrected chi connectivity index (χ1v) is 7.89. The number of aliphatic carboxylic acids is 1. The number of allylic oxidation sites excluding steroid dienone is 1. The van der Waals surface area contributed by atoms with E-state index in [1.54, 1.807) is 6.92 Å². The summed E-state index contributed by atoms with van der Waals surface area (Å²) in [5, 5.41) is 11.7. The molecule has 0 spiro atoms. The van der Waals surface area contributed by atoms with E-state index < -0.39 is 29.7 Å². The van der Waals surface area contributed by atoms with Crippen molar-refractivity contribution in [1.82, 2.24) is 5.32 Å². The SMILES string of the molecule is CC(C)C/C=C(\CC(=O)NC(C)c1ccc(C(F)(F)F)cc1)C(=O)O. The third-order valence-corrected chi connectivity index (χ3v) is 3.58. The van der Waals surface area contributed by atoms with Crippen LogP contribution in [0.3, 0.4) is 0 Å². The van der Waals surface area contributed by atoms with Crippen molar-refractivity contribution in [3.8, 4) is 0 Å². The molecule has 1 rings (SSSR count). The van der Waals surface area contributed by atoms with Crippen LogP contribution in [-0.2, 0) is 15.8 Å². The lowest BCUT2D eigenvalue weighted by Gasteiger charge is -2.16. The zero-order chi connectivity index (χ0) is 19.2. The Kier molecular flexibility index (Phi) is 7.21. The second-order valence-electron chi connectivity index (χ2n) is 6.25. The number of carboxylic acid groups (broad SMARTS) is 1. The number of amides is 1. The number of rotatable bonds is 7. The van der Waals surface area contributed by atoms with Crippen LogP contribution in [0, 0.1) is 5.92 Å². The molecule has 138 valence electrons. The molecule has 2 N–H and O–H groups in total. The number of alkyl halides is 3. The summed E-state index contributed by atoms with van der Waals surface area (Å²) in [6.45, 7) is 5.49. The van der Waals surface area contributed by atoms with Gasteiger partial charge in [-0.1, -0.05) is 32.1 Å². The standard InChI is InChI=1S/C18H22F3NO3/c1-11(2)4-5-14(17(24)25)10-16(23)22-12(3)13-6-8-15(9-7-13)18(19,20)21/h5-9,11-12H,4,10H2,1-3H3,(H,22,23)(H,24,25)/b14-5+. The molecule has 4 nitrogen and oxygen atoms in total. The van der Waals surface area contributed by atoms with Gasteiger partial charge in [-0.25, -0.2) is 4.79 Å². The lowest BCUT2D eigenvalue weighted by atomic mass is 10.0. The van der Waals surface area contributed by atoms with Gasteiger partial charge in [0.05, 0.1) is 18.0 Å². The second kappa shape index (κ2) is 8.69. The van der Waals surface area contributed by atoms with E-state index in [9.17, 15) is 22.8 Å². The van der Waals surface area contributed by atoms with Crippen molar-refractivity contribution in [2.45, 2.75) is 45.8 Å². The van der Waals surface area contributed by atoms with Crippen LogP contribution in [0.4, 0.5) is 13.2 Å². The highest BCUT2D eigenvalue weighted by Gasteiger charge is 2.30. The van der Waals surface area contributed by atoms with Crippen molar-refractivity contribution in [2.24, 2.45) is 5.92 Å². The molecule has 0 saturated heterocycles. The van der Waals surface area contributed by atoms with Crippen LogP contribution in [0.15, 0.2) is 35.9 Å². The Labute approximate surface area is 144 Å². The molecule has 0 aromatic heterocycles. The monoisotopic (exact) mass is 357 g/mol. The largest absolute Gasteiger partial charge is 0.478 e. The number of hydrogen-bond donors (Lipinski definition) is 2. The molecule has 0 aliphatic rings. The molecule has 0 aliphatic carbocycles. The highest BCUT2D eigenvalue weighted by Crippen LogP contribution is 2.29. The van der Waals surface area contributed by atoms with Gasteiger partial charge in [0.25, 0.3) is 0 Å². The van der Waals surface area contributed by atoms with E-state index in [0.29, 0.717) is 12.0 Å². The Morgan fingerprint density at radius 1 is 1.16 bits per heavy atom. The number of halogens is 3. The number of carboxylic acids is 1. The summed E-state index contributed by atoms with van der Waals surface area (Å²) < 4.78 is 37.6. The molecule has 1 atom stereocenters. The maximum atomic E-state index is 12.5. The summed E-state index contributed by atoms with van der Waals surface area (Å²) in [4.78, 5) is 23.2. The van der Waals surface area contributed by atoms with Gasteiger partial charge in [0.1, 0.15) is 0 Å². The zero-order valence-electron chi connectivity index (χ0n) is 14.4. The average Bonchev–Trinajstić information content (AvgIpc) is 2.50. The van der Waals surface area contributed by atoms with E-state index in [1.807, 2.05) is 13.8 Å². The molecule has 25 heavy (non-hydrogen) atoms. The van der Waals surface area contributed by atoms with E-state index in [1.165, 1.54) is 18.2 Å². The highest BCUT2D eigenvalue weighted by molar-refractivity contribution is 5.94. The molecule has 0 fully saturated rings. The molecule has 0 aliphatic heterocycles. The zero-order valence-corrected chi connectivity index (χ0v) is 14.4. The van der Waals surface area contributed by atoms with Crippen LogP contribution < -0.4 is 5.32 Å². The lowest BCUT2D eigenvalue weighted by Crippen LogP contribution is -2.27. The topological polar surface area (TPSA) is 66.4 Å². The van der Waals surface area contributed by atoms with Crippen LogP contribution in [0.5, 0.6) is 0 Å². The van der Waals surface area contributed by atoms with Gasteiger partial charge in [0.15, 0.2) is 0 Å². The molecular weight excluding hydrogens is 335 g/mol. The summed E-state index contributed by atoms with van der Waals surface area (Å²) in [5.41, 5.74) is -0.255. The van der Waals surface area contributed by atoms with Gasteiger partial charge in [-0.05, 0) is 37.0 Å². The van der Waals surface area contributed by atoms with Crippen molar-refractivity contribution in [2.75, 3.05) is 0 Å². The van der Waals surface area contributed by atoms with Gasteiger partial charge in [-0.3, -0.25) is 4.79 Å². The number of carbonyl (C=O) groups excluding carboxylic acids is 1. The minimum atomic E-state index is -4.41. The first kappa shape index (κ1) is 20.7. The Morgan fingerprint density at radius 2 is 1.72 bits per heavy atom. The first-order chi connectivity index (χ1) is 11.5. The summed E-state index contributed by atoms with van der Waals surface area (Å²) in [6, 6.07) is 3.95. The minimum Gasteiger partial charge on any atom is -0.478 e. The van der Waals surface area contributed by atoms with Gasteiger partial charge < -0.3 is 10.4 Å². The van der Waals surface area contributed by atoms with Crippen LogP contribution >= 0.6 is 0 Å². The van der Waals surface area contributed by atoms with Gasteiger partial charge in [0.2, 0.25) is 5.91 Å². The Morgan fingerprint density at radius 3 is 2.16 bits per heavy atom. The van der Waals surface area contributed by atoms with Crippen molar-refractivity contribution >= 4 is 11.9 Å². The fourth-order valence-electron chi connectivity index (χ4n) is 2.12. The van der Waals surface area contributed by atoms with Crippen LogP contribution in [0.2, 0.25) is 0 Å². The molecule has 7 heteroatoms. The van der Waals surface area contributed by atoms with Crippen molar-refractivity contribution < 1.29 is 27.9 Å². The van der Waals surface area contributed by atoms with Crippen molar-refractivity contribution in [1.29, 1.82) is 0 Å². The van der Waals surface area contributed by atoms with Crippen LogP contribution in [-0.4, -0.2) is 17.0 Å². The second-order valence-corrected chi connectivity index (χ2v) is 6.25. The molecule has 1 aromatic carbocycles. The molecule has 1 aromatic rings. The van der Waals surface area contributed by atoms with Crippen molar-refractivity contribution in [3.05, 3.63) is 47.0 Å². The van der Waals surface area contributed by atoms with Crippen LogP contribution in [0.25, 0.3) is 0 Å². The maximum absolute atomic E-state index is 12.5. The van der Waals surface area contributed by atoms with E-state index in [0.717, 1.165) is 12.1 Å². The highest BCUT2D eigenvalue weighted by atomic mass is 19.4. The average molecular weight is 357 g/mol. The van der Waals surface area contributed by atoms with E-state index >= 15 is 0 Å². The summed E-state index contributed by atoms with van der Waals surface area (Å²) in [5.74, 6) is -1.38.